The van der Waals surface area contributed by atoms with E-state index in [9.17, 15) is 4.79 Å². The van der Waals surface area contributed by atoms with Crippen molar-refractivity contribution >= 4 is 11.7 Å². The molecule has 0 saturated heterocycles. The Morgan fingerprint density at radius 1 is 1.80 bits per heavy atom. The number of aliphatic hydroxyl groups is 1. The average molecular weight is 212 g/mol. The van der Waals surface area contributed by atoms with Gasteiger partial charge in [0.15, 0.2) is 5.82 Å². The van der Waals surface area contributed by atoms with Gasteiger partial charge in [0, 0.05) is 7.05 Å². The maximum Gasteiger partial charge on any atom is 0.254 e. The van der Waals surface area contributed by atoms with Gasteiger partial charge in [-0.05, 0) is 0 Å². The lowest BCUT2D eigenvalue weighted by Gasteiger charge is -2.07. The summed E-state index contributed by atoms with van der Waals surface area (Å²) in [6.45, 7) is 0.324. The Kier molecular flexibility index (Phi) is 3.75. The van der Waals surface area contributed by atoms with Gasteiger partial charge in [-0.2, -0.15) is 5.10 Å². The molecule has 1 aromatic heterocycles. The van der Waals surface area contributed by atoms with Crippen molar-refractivity contribution in [1.29, 1.82) is 0 Å². The minimum atomic E-state index is -0.623. The third-order valence-corrected chi connectivity index (χ3v) is 1.61. The number of aromatic nitrogens is 2. The van der Waals surface area contributed by atoms with E-state index in [1.54, 1.807) is 7.05 Å². The van der Waals surface area contributed by atoms with Crippen LogP contribution in [0, 0.1) is 0 Å². The molecule has 0 atom stereocenters. The van der Waals surface area contributed by atoms with Crippen LogP contribution in [-0.4, -0.2) is 46.4 Å². The van der Waals surface area contributed by atoms with Crippen LogP contribution in [0.15, 0.2) is 16.5 Å². The summed E-state index contributed by atoms with van der Waals surface area (Å²) in [7, 11) is 1.64. The van der Waals surface area contributed by atoms with Gasteiger partial charge in [-0.15, -0.1) is 5.11 Å². The Balaban J connectivity index is 2.71. The molecule has 8 nitrogen and oxygen atoms in total. The summed E-state index contributed by atoms with van der Waals surface area (Å²) in [5.41, 5.74) is 5.25. The normalized spacial score (nSPS) is 10.8. The molecule has 0 unspecified atom stereocenters. The number of hydrogen-bond acceptors (Lipinski definition) is 5. The summed E-state index contributed by atoms with van der Waals surface area (Å²) in [5, 5.41) is 23.6. The summed E-state index contributed by atoms with van der Waals surface area (Å²) in [6.07, 6.45) is 1.28. The van der Waals surface area contributed by atoms with E-state index in [0.717, 1.165) is 0 Å². The van der Waals surface area contributed by atoms with Crippen LogP contribution >= 0.6 is 0 Å². The van der Waals surface area contributed by atoms with Crippen molar-refractivity contribution in [3.63, 3.8) is 0 Å². The van der Waals surface area contributed by atoms with Gasteiger partial charge in [-0.25, -0.2) is 0 Å². The van der Waals surface area contributed by atoms with Crippen LogP contribution in [0.3, 0.4) is 0 Å². The first-order valence-corrected chi connectivity index (χ1v) is 4.22. The van der Waals surface area contributed by atoms with E-state index in [2.05, 4.69) is 20.5 Å². The number of nitrogens with zero attached hydrogens (tertiary/aromatic N) is 4. The monoisotopic (exact) mass is 212 g/mol. The lowest BCUT2D eigenvalue weighted by atomic mass is 10.3. The molecule has 0 spiro atoms. The highest BCUT2D eigenvalue weighted by Crippen LogP contribution is 2.14. The highest BCUT2D eigenvalue weighted by molar-refractivity contribution is 5.96. The Hall–Kier alpha value is -1.96. The van der Waals surface area contributed by atoms with E-state index in [-0.39, 0.29) is 18.0 Å². The highest BCUT2D eigenvalue weighted by Gasteiger charge is 2.09. The summed E-state index contributed by atoms with van der Waals surface area (Å²) < 4.78 is 0. The number of rotatable bonds is 5. The van der Waals surface area contributed by atoms with Gasteiger partial charge in [0.05, 0.1) is 19.3 Å². The fourth-order valence-electron chi connectivity index (χ4n) is 0.846. The SMILES string of the molecule is CN(CCO)/N=N/c1[nH]ncc1C(N)=O. The topological polar surface area (TPSA) is 120 Å². The van der Waals surface area contributed by atoms with E-state index in [4.69, 9.17) is 10.8 Å². The number of aromatic amines is 1. The van der Waals surface area contributed by atoms with Crippen molar-refractivity contribution < 1.29 is 9.90 Å². The number of nitrogens with one attached hydrogen (secondary N) is 1. The molecule has 1 amide bonds. The predicted molar refractivity (Wildman–Crippen MR) is 51.3 cm³/mol. The quantitative estimate of drug-likeness (QED) is 0.447. The van der Waals surface area contributed by atoms with Crippen molar-refractivity contribution in [1.82, 2.24) is 15.2 Å². The second kappa shape index (κ2) is 5.05. The number of primary amides is 1. The summed E-state index contributed by atoms with van der Waals surface area (Å²) in [6, 6.07) is 0. The molecule has 0 aliphatic rings. The van der Waals surface area contributed by atoms with Gasteiger partial charge >= 0.3 is 0 Å². The largest absolute Gasteiger partial charge is 0.394 e. The molecule has 4 N–H and O–H groups in total. The van der Waals surface area contributed by atoms with Crippen LogP contribution in [0.4, 0.5) is 5.82 Å². The molecule has 15 heavy (non-hydrogen) atoms. The number of aliphatic hydroxyl groups excluding tert-OH is 1. The fraction of sp³-hybridized carbons (Fsp3) is 0.429. The van der Waals surface area contributed by atoms with Crippen LogP contribution in [0.25, 0.3) is 0 Å². The molecule has 0 aromatic carbocycles. The lowest BCUT2D eigenvalue weighted by Crippen LogP contribution is -2.14. The molecule has 0 aliphatic heterocycles. The van der Waals surface area contributed by atoms with Crippen molar-refractivity contribution in [3.05, 3.63) is 11.8 Å². The zero-order valence-electron chi connectivity index (χ0n) is 8.21. The number of hydrogen-bond donors (Lipinski definition) is 3. The van der Waals surface area contributed by atoms with Gasteiger partial charge in [-0.1, -0.05) is 5.22 Å². The van der Waals surface area contributed by atoms with Crippen LogP contribution < -0.4 is 5.73 Å². The first-order valence-electron chi connectivity index (χ1n) is 4.22. The van der Waals surface area contributed by atoms with Crippen molar-refractivity contribution in [2.75, 3.05) is 20.2 Å². The fourth-order valence-corrected chi connectivity index (χ4v) is 0.846. The standard InChI is InChI=1S/C7H12N6O2/c1-13(2-3-14)12-11-7-5(6(8)15)4-9-10-7/h4,14H,2-3H2,1H3,(H2,8,15)(H,9,10)/b12-11+. The smallest absolute Gasteiger partial charge is 0.254 e. The number of carbonyl (C=O) groups is 1. The van der Waals surface area contributed by atoms with Crippen molar-refractivity contribution in [2.45, 2.75) is 0 Å². The molecular weight excluding hydrogens is 200 g/mol. The first kappa shape index (κ1) is 11.1. The average Bonchev–Trinajstić information content (AvgIpc) is 2.63. The molecule has 0 saturated carbocycles. The highest BCUT2D eigenvalue weighted by atomic mass is 16.3. The van der Waals surface area contributed by atoms with Gasteiger partial charge < -0.3 is 10.8 Å². The second-order valence-corrected chi connectivity index (χ2v) is 2.79. The van der Waals surface area contributed by atoms with Crippen LogP contribution in [-0.2, 0) is 0 Å². The van der Waals surface area contributed by atoms with E-state index in [1.165, 1.54) is 11.2 Å². The van der Waals surface area contributed by atoms with Gasteiger partial charge in [0.2, 0.25) is 0 Å². The van der Waals surface area contributed by atoms with Crippen LogP contribution in [0.2, 0.25) is 0 Å². The van der Waals surface area contributed by atoms with E-state index in [1.807, 2.05) is 0 Å². The third-order valence-electron chi connectivity index (χ3n) is 1.61. The molecule has 8 heteroatoms. The summed E-state index contributed by atoms with van der Waals surface area (Å²) >= 11 is 0. The van der Waals surface area contributed by atoms with E-state index >= 15 is 0 Å². The van der Waals surface area contributed by atoms with Gasteiger partial charge in [0.1, 0.15) is 5.56 Å². The van der Waals surface area contributed by atoms with E-state index in [0.29, 0.717) is 6.54 Å². The zero-order valence-corrected chi connectivity index (χ0v) is 8.21. The molecule has 0 fully saturated rings. The molecule has 1 aromatic rings. The number of carbonyl (C=O) groups excluding carboxylic acids is 1. The Bertz CT molecular complexity index is 360. The third kappa shape index (κ3) is 3.02. The van der Waals surface area contributed by atoms with Crippen molar-refractivity contribution in [3.8, 4) is 0 Å². The lowest BCUT2D eigenvalue weighted by molar-refractivity contribution is 0.100. The number of amides is 1. The number of nitrogens with two attached hydrogens (primary N) is 1. The van der Waals surface area contributed by atoms with Crippen molar-refractivity contribution in [2.24, 2.45) is 16.1 Å². The second-order valence-electron chi connectivity index (χ2n) is 2.79. The minimum Gasteiger partial charge on any atom is -0.394 e. The minimum absolute atomic E-state index is 0.0266. The predicted octanol–water partition coefficient (Wildman–Crippen LogP) is -0.569. The molecule has 0 radical (unpaired) electrons. The molecule has 82 valence electrons. The zero-order chi connectivity index (χ0) is 11.3. The maximum absolute atomic E-state index is 10.9. The Morgan fingerprint density at radius 3 is 3.13 bits per heavy atom. The summed E-state index contributed by atoms with van der Waals surface area (Å²) in [4.78, 5) is 10.9. The number of H-pyrrole nitrogens is 1. The van der Waals surface area contributed by atoms with E-state index < -0.39 is 5.91 Å². The Labute approximate surface area is 85.8 Å². The molecule has 0 aliphatic carbocycles. The summed E-state index contributed by atoms with van der Waals surface area (Å²) in [5.74, 6) is -0.421. The molecule has 1 rings (SSSR count). The first-order chi connectivity index (χ1) is 7.15. The molecule has 0 bridgehead atoms. The maximum atomic E-state index is 10.9. The van der Waals surface area contributed by atoms with Crippen LogP contribution in [0.1, 0.15) is 10.4 Å². The Morgan fingerprint density at radius 2 is 2.53 bits per heavy atom. The number of likely N-dealkylation sites (N-methyl/N-ethyl adjacent to an activating group) is 1. The van der Waals surface area contributed by atoms with Gasteiger partial charge in [-0.3, -0.25) is 14.9 Å². The van der Waals surface area contributed by atoms with Gasteiger partial charge in [0.25, 0.3) is 5.91 Å². The molecule has 1 heterocycles. The molecular formula is C7H12N6O2. The van der Waals surface area contributed by atoms with Crippen LogP contribution in [0.5, 0.6) is 0 Å².